The van der Waals surface area contributed by atoms with Gasteiger partial charge in [-0.05, 0) is 32.6 Å². The Morgan fingerprint density at radius 2 is 1.90 bits per heavy atom. The zero-order valence-electron chi connectivity index (χ0n) is 13.1. The normalized spacial score (nSPS) is 15.8. The number of ether oxygens (including phenoxy) is 2. The summed E-state index contributed by atoms with van der Waals surface area (Å²) in [6, 6.07) is 0.391. The smallest absolute Gasteiger partial charge is 0.323 e. The van der Waals surface area contributed by atoms with Gasteiger partial charge < -0.3 is 19.7 Å². The molecule has 0 radical (unpaired) electrons. The number of hydrogen-bond donors (Lipinski definition) is 1. The third kappa shape index (κ3) is 4.42. The molecule has 21 heavy (non-hydrogen) atoms. The maximum absolute atomic E-state index is 5.78. The van der Waals surface area contributed by atoms with Gasteiger partial charge in [-0.25, -0.2) is 0 Å². The topological polar surface area (TPSA) is 72.4 Å². The van der Waals surface area contributed by atoms with Gasteiger partial charge in [-0.2, -0.15) is 15.0 Å². The molecule has 0 aromatic carbocycles. The second-order valence-electron chi connectivity index (χ2n) is 5.03. The fraction of sp³-hybridized carbons (Fsp3) is 0.786. The Hall–Kier alpha value is -1.63. The molecule has 1 aliphatic rings. The molecule has 1 fully saturated rings. The highest BCUT2D eigenvalue weighted by molar-refractivity contribution is 5.37. The minimum Gasteiger partial charge on any atom is -0.463 e. The van der Waals surface area contributed by atoms with E-state index in [-0.39, 0.29) is 0 Å². The summed E-state index contributed by atoms with van der Waals surface area (Å²) >= 11 is 0. The molecular formula is C14H25N5O2. The van der Waals surface area contributed by atoms with E-state index in [9.17, 15) is 0 Å². The predicted octanol–water partition coefficient (Wildman–Crippen LogP) is 1.56. The van der Waals surface area contributed by atoms with E-state index in [0.717, 1.165) is 39.1 Å². The first-order valence-corrected chi connectivity index (χ1v) is 7.66. The van der Waals surface area contributed by atoms with Crippen molar-refractivity contribution in [1.82, 2.24) is 15.0 Å². The lowest BCUT2D eigenvalue weighted by atomic mass is 10.0. The second-order valence-corrected chi connectivity index (χ2v) is 5.03. The van der Waals surface area contributed by atoms with Crippen LogP contribution in [0, 0.1) is 5.92 Å². The molecule has 7 heteroatoms. The summed E-state index contributed by atoms with van der Waals surface area (Å²) in [5.41, 5.74) is 0. The van der Waals surface area contributed by atoms with Gasteiger partial charge in [0, 0.05) is 33.4 Å². The Balaban J connectivity index is 2.04. The zero-order chi connectivity index (χ0) is 15.1. The van der Waals surface area contributed by atoms with Crippen LogP contribution in [-0.4, -0.2) is 54.9 Å². The van der Waals surface area contributed by atoms with Crippen molar-refractivity contribution in [2.45, 2.75) is 26.7 Å². The summed E-state index contributed by atoms with van der Waals surface area (Å²) in [6.07, 6.45) is 2.07. The number of rotatable bonds is 7. The molecule has 1 saturated heterocycles. The van der Waals surface area contributed by atoms with Gasteiger partial charge in [0.25, 0.3) is 0 Å². The lowest BCUT2D eigenvalue weighted by Gasteiger charge is -2.22. The van der Waals surface area contributed by atoms with Crippen LogP contribution in [0.25, 0.3) is 0 Å². The number of anilines is 2. The lowest BCUT2D eigenvalue weighted by molar-refractivity contribution is 0.0482. The first kappa shape index (κ1) is 15.8. The van der Waals surface area contributed by atoms with E-state index in [2.05, 4.69) is 39.0 Å². The van der Waals surface area contributed by atoms with Crippen LogP contribution in [-0.2, 0) is 4.74 Å². The van der Waals surface area contributed by atoms with Crippen LogP contribution in [0.2, 0.25) is 0 Å². The summed E-state index contributed by atoms with van der Waals surface area (Å²) in [4.78, 5) is 15.1. The lowest BCUT2D eigenvalue weighted by Crippen LogP contribution is -2.26. The minimum absolute atomic E-state index is 0.391. The van der Waals surface area contributed by atoms with Crippen molar-refractivity contribution in [3.05, 3.63) is 0 Å². The predicted molar refractivity (Wildman–Crippen MR) is 82.0 cm³/mol. The standard InChI is InChI=1S/C14H25N5O2/c1-4-19(5-2)13-16-12(15-3)17-14(18-13)21-10-11-6-8-20-9-7-11/h11H,4-10H2,1-3H3,(H,15,16,17,18). The van der Waals surface area contributed by atoms with Crippen molar-refractivity contribution in [1.29, 1.82) is 0 Å². The summed E-state index contributed by atoms with van der Waals surface area (Å²) in [7, 11) is 1.80. The zero-order valence-corrected chi connectivity index (χ0v) is 13.1. The quantitative estimate of drug-likeness (QED) is 0.818. The first-order valence-electron chi connectivity index (χ1n) is 7.66. The number of hydrogen-bond acceptors (Lipinski definition) is 7. The molecule has 0 spiro atoms. The van der Waals surface area contributed by atoms with E-state index in [1.807, 2.05) is 0 Å². The fourth-order valence-corrected chi connectivity index (χ4v) is 2.28. The molecule has 1 N–H and O–H groups in total. The van der Waals surface area contributed by atoms with Crippen LogP contribution in [0.4, 0.5) is 11.9 Å². The fourth-order valence-electron chi connectivity index (χ4n) is 2.28. The monoisotopic (exact) mass is 295 g/mol. The van der Waals surface area contributed by atoms with Crippen LogP contribution in [0.3, 0.4) is 0 Å². The molecule has 2 rings (SSSR count). The van der Waals surface area contributed by atoms with E-state index >= 15 is 0 Å². The molecule has 0 atom stereocenters. The summed E-state index contributed by atoms with van der Waals surface area (Å²) < 4.78 is 11.1. The molecule has 0 bridgehead atoms. The van der Waals surface area contributed by atoms with Crippen molar-refractivity contribution in [2.75, 3.05) is 50.2 Å². The highest BCUT2D eigenvalue weighted by Crippen LogP contribution is 2.18. The molecule has 0 saturated carbocycles. The van der Waals surface area contributed by atoms with Crippen molar-refractivity contribution in [2.24, 2.45) is 5.92 Å². The Morgan fingerprint density at radius 1 is 1.19 bits per heavy atom. The molecule has 1 aliphatic heterocycles. The number of aromatic nitrogens is 3. The second kappa shape index (κ2) is 7.97. The van der Waals surface area contributed by atoms with Crippen LogP contribution < -0.4 is 15.0 Å². The third-order valence-corrected chi connectivity index (χ3v) is 3.66. The van der Waals surface area contributed by atoms with Gasteiger partial charge in [0.05, 0.1) is 6.61 Å². The highest BCUT2D eigenvalue weighted by Gasteiger charge is 2.16. The van der Waals surface area contributed by atoms with Gasteiger partial charge in [-0.3, -0.25) is 0 Å². The Labute approximate surface area is 126 Å². The third-order valence-electron chi connectivity index (χ3n) is 3.66. The molecule has 0 unspecified atom stereocenters. The molecule has 0 amide bonds. The van der Waals surface area contributed by atoms with Gasteiger partial charge in [0.1, 0.15) is 0 Å². The van der Waals surface area contributed by atoms with Crippen molar-refractivity contribution in [3.63, 3.8) is 0 Å². The molecule has 0 aliphatic carbocycles. The average Bonchev–Trinajstić information content (AvgIpc) is 2.55. The maximum atomic E-state index is 5.78. The summed E-state index contributed by atoms with van der Waals surface area (Å²) in [5, 5.41) is 2.96. The van der Waals surface area contributed by atoms with Crippen LogP contribution in [0.15, 0.2) is 0 Å². The SMILES string of the molecule is CCN(CC)c1nc(NC)nc(OCC2CCOCC2)n1. The van der Waals surface area contributed by atoms with E-state index in [4.69, 9.17) is 9.47 Å². The van der Waals surface area contributed by atoms with Gasteiger partial charge in [0.2, 0.25) is 11.9 Å². The Morgan fingerprint density at radius 3 is 2.52 bits per heavy atom. The van der Waals surface area contributed by atoms with Gasteiger partial charge in [-0.1, -0.05) is 0 Å². The molecule has 1 aromatic heterocycles. The Kier molecular flexibility index (Phi) is 5.98. The molecule has 118 valence electrons. The van der Waals surface area contributed by atoms with E-state index in [1.165, 1.54) is 0 Å². The minimum atomic E-state index is 0.391. The highest BCUT2D eigenvalue weighted by atomic mass is 16.5. The molecule has 1 aromatic rings. The van der Waals surface area contributed by atoms with E-state index < -0.39 is 0 Å². The molecular weight excluding hydrogens is 270 g/mol. The van der Waals surface area contributed by atoms with E-state index in [1.54, 1.807) is 7.05 Å². The first-order chi connectivity index (χ1) is 10.3. The van der Waals surface area contributed by atoms with Gasteiger partial charge in [0.15, 0.2) is 0 Å². The van der Waals surface area contributed by atoms with Crippen LogP contribution in [0.5, 0.6) is 6.01 Å². The van der Waals surface area contributed by atoms with E-state index in [0.29, 0.717) is 30.4 Å². The Bertz CT molecular complexity index is 433. The van der Waals surface area contributed by atoms with Gasteiger partial charge in [-0.15, -0.1) is 0 Å². The van der Waals surface area contributed by atoms with Gasteiger partial charge >= 0.3 is 6.01 Å². The summed E-state index contributed by atoms with van der Waals surface area (Å²) in [5.74, 6) is 1.71. The summed E-state index contributed by atoms with van der Waals surface area (Å²) in [6.45, 7) is 8.12. The number of nitrogens with one attached hydrogen (secondary N) is 1. The average molecular weight is 295 g/mol. The van der Waals surface area contributed by atoms with Crippen LogP contribution >= 0.6 is 0 Å². The maximum Gasteiger partial charge on any atom is 0.323 e. The molecule has 7 nitrogen and oxygen atoms in total. The van der Waals surface area contributed by atoms with Crippen molar-refractivity contribution >= 4 is 11.9 Å². The van der Waals surface area contributed by atoms with Crippen molar-refractivity contribution in [3.8, 4) is 6.01 Å². The largest absolute Gasteiger partial charge is 0.463 e. The van der Waals surface area contributed by atoms with Crippen LogP contribution in [0.1, 0.15) is 26.7 Å². The molecule has 2 heterocycles. The number of nitrogens with zero attached hydrogens (tertiary/aromatic N) is 4. The van der Waals surface area contributed by atoms with Crippen molar-refractivity contribution < 1.29 is 9.47 Å².